The Hall–Kier alpha value is -1.28. The number of anilines is 1. The number of ketones is 1. The van der Waals surface area contributed by atoms with Crippen molar-refractivity contribution in [1.29, 1.82) is 0 Å². The third kappa shape index (κ3) is 1.74. The zero-order valence-corrected chi connectivity index (χ0v) is 12.9. The maximum atomic E-state index is 12.7. The molecule has 2 aliphatic rings. The van der Waals surface area contributed by atoms with Crippen LogP contribution in [-0.2, 0) is 4.79 Å². The molecule has 2 nitrogen and oxygen atoms in total. The molecule has 1 aromatic rings. The first kappa shape index (κ1) is 13.7. The molecule has 1 aromatic carbocycles. The molecule has 0 saturated heterocycles. The molecule has 3 rings (SSSR count). The highest BCUT2D eigenvalue weighted by molar-refractivity contribution is 6.30. The molecule has 2 atom stereocenters. The minimum atomic E-state index is -0.189. The Bertz CT molecular complexity index is 588. The van der Waals surface area contributed by atoms with Crippen LogP contribution in [0, 0.1) is 16.7 Å². The zero-order chi connectivity index (χ0) is 14.5. The van der Waals surface area contributed by atoms with Crippen LogP contribution in [0.4, 0.5) is 5.69 Å². The van der Waals surface area contributed by atoms with Crippen molar-refractivity contribution in [2.24, 2.45) is 16.7 Å². The minimum absolute atomic E-state index is 0.0671. The molecular weight excluding hydrogens is 270 g/mol. The largest absolute Gasteiger partial charge is 0.361 e. The molecule has 2 saturated carbocycles. The average Bonchev–Trinajstić information content (AvgIpc) is 2.71. The van der Waals surface area contributed by atoms with Crippen molar-refractivity contribution in [3.05, 3.63) is 41.1 Å². The van der Waals surface area contributed by atoms with Crippen LogP contribution in [0.25, 0.3) is 0 Å². The van der Waals surface area contributed by atoms with Crippen molar-refractivity contribution in [2.45, 2.75) is 33.6 Å². The van der Waals surface area contributed by atoms with Gasteiger partial charge in [0, 0.05) is 27.9 Å². The van der Waals surface area contributed by atoms with E-state index >= 15 is 0 Å². The first-order valence-electron chi connectivity index (χ1n) is 7.13. The van der Waals surface area contributed by atoms with Crippen LogP contribution in [0.15, 0.2) is 36.0 Å². The number of carbonyl (C=O) groups is 1. The van der Waals surface area contributed by atoms with Gasteiger partial charge in [-0.2, -0.15) is 0 Å². The van der Waals surface area contributed by atoms with E-state index in [1.165, 1.54) is 0 Å². The van der Waals surface area contributed by atoms with Crippen molar-refractivity contribution < 1.29 is 4.79 Å². The van der Waals surface area contributed by atoms with Gasteiger partial charge in [-0.3, -0.25) is 4.79 Å². The molecule has 0 amide bonds. The average molecular weight is 290 g/mol. The number of Topliss-reactive ketones (excluding diaryl/α,β-unsaturated/α-hetero) is 1. The molecule has 0 heterocycles. The van der Waals surface area contributed by atoms with E-state index in [0.717, 1.165) is 24.1 Å². The molecule has 0 aliphatic heterocycles. The van der Waals surface area contributed by atoms with E-state index in [-0.39, 0.29) is 10.8 Å². The van der Waals surface area contributed by atoms with Crippen LogP contribution >= 0.6 is 11.6 Å². The number of fused-ring (bicyclic) bond motifs is 2. The predicted octanol–water partition coefficient (Wildman–Crippen LogP) is 4.66. The predicted molar refractivity (Wildman–Crippen MR) is 82.8 cm³/mol. The second-order valence-electron chi connectivity index (χ2n) is 6.73. The Morgan fingerprint density at radius 3 is 2.45 bits per heavy atom. The first-order chi connectivity index (χ1) is 9.36. The van der Waals surface area contributed by atoms with Gasteiger partial charge in [-0.1, -0.05) is 32.4 Å². The van der Waals surface area contributed by atoms with Crippen molar-refractivity contribution in [1.82, 2.24) is 0 Å². The fourth-order valence-corrected chi connectivity index (χ4v) is 3.93. The zero-order valence-electron chi connectivity index (χ0n) is 12.2. The molecule has 0 unspecified atom stereocenters. The highest BCUT2D eigenvalue weighted by Crippen LogP contribution is 2.65. The molecule has 0 aromatic heterocycles. The molecule has 3 heteroatoms. The molecule has 106 valence electrons. The van der Waals surface area contributed by atoms with Crippen molar-refractivity contribution in [2.75, 3.05) is 5.32 Å². The first-order valence-corrected chi connectivity index (χ1v) is 7.51. The summed E-state index contributed by atoms with van der Waals surface area (Å²) in [4.78, 5) is 12.7. The van der Waals surface area contributed by atoms with E-state index in [4.69, 9.17) is 11.6 Å². The van der Waals surface area contributed by atoms with Crippen LogP contribution in [-0.4, -0.2) is 5.78 Å². The SMILES string of the molecule is CC1(C)[C@H]2CC[C@]1(C)C(=O)C2=CNc1ccc(Cl)cc1. The summed E-state index contributed by atoms with van der Waals surface area (Å²) in [5.41, 5.74) is 1.79. The van der Waals surface area contributed by atoms with Crippen LogP contribution in [0.1, 0.15) is 33.6 Å². The molecule has 2 aliphatic carbocycles. The second-order valence-corrected chi connectivity index (χ2v) is 7.16. The minimum Gasteiger partial charge on any atom is -0.361 e. The highest BCUT2D eigenvalue weighted by Gasteiger charge is 2.63. The summed E-state index contributed by atoms with van der Waals surface area (Å²) >= 11 is 5.87. The van der Waals surface area contributed by atoms with Gasteiger partial charge < -0.3 is 5.32 Å². The summed E-state index contributed by atoms with van der Waals surface area (Å²) in [7, 11) is 0. The number of rotatable bonds is 2. The standard InChI is InChI=1S/C17H20ClNO/c1-16(2)14-8-9-17(16,3)15(20)13(14)10-19-12-6-4-11(18)5-7-12/h4-7,10,14,19H,8-9H2,1-3H3/t14-,17+/m0/s1. The van der Waals surface area contributed by atoms with Crippen LogP contribution in [0.5, 0.6) is 0 Å². The van der Waals surface area contributed by atoms with Gasteiger partial charge in [-0.15, -0.1) is 0 Å². The topological polar surface area (TPSA) is 29.1 Å². The van der Waals surface area contributed by atoms with E-state index in [1.807, 2.05) is 30.5 Å². The lowest BCUT2D eigenvalue weighted by molar-refractivity contribution is -0.125. The van der Waals surface area contributed by atoms with E-state index in [9.17, 15) is 4.79 Å². The molecule has 1 N–H and O–H groups in total. The van der Waals surface area contributed by atoms with E-state index in [0.29, 0.717) is 16.7 Å². The summed E-state index contributed by atoms with van der Waals surface area (Å²) in [6.45, 7) is 6.58. The van der Waals surface area contributed by atoms with Crippen LogP contribution in [0.3, 0.4) is 0 Å². The van der Waals surface area contributed by atoms with Crippen molar-refractivity contribution >= 4 is 23.1 Å². The van der Waals surface area contributed by atoms with Gasteiger partial charge in [0.05, 0.1) is 0 Å². The Morgan fingerprint density at radius 2 is 1.90 bits per heavy atom. The molecular formula is C17H20ClNO. The summed E-state index contributed by atoms with van der Waals surface area (Å²) in [6, 6.07) is 7.53. The lowest BCUT2D eigenvalue weighted by Crippen LogP contribution is -2.32. The van der Waals surface area contributed by atoms with Gasteiger partial charge in [-0.25, -0.2) is 0 Å². The Labute approximate surface area is 125 Å². The number of benzene rings is 1. The Kier molecular flexibility index (Phi) is 2.98. The van der Waals surface area contributed by atoms with E-state index in [1.54, 1.807) is 0 Å². The normalized spacial score (nSPS) is 32.9. The third-order valence-corrected chi connectivity index (χ3v) is 5.86. The molecule has 0 radical (unpaired) electrons. The van der Waals surface area contributed by atoms with Crippen LogP contribution < -0.4 is 5.32 Å². The molecule has 2 bridgehead atoms. The number of hydrogen-bond acceptors (Lipinski definition) is 2. The maximum absolute atomic E-state index is 12.7. The second kappa shape index (κ2) is 4.36. The quantitative estimate of drug-likeness (QED) is 0.802. The Balaban J connectivity index is 1.87. The Morgan fingerprint density at radius 1 is 1.25 bits per heavy atom. The summed E-state index contributed by atoms with van der Waals surface area (Å²) in [5.74, 6) is 0.694. The van der Waals surface area contributed by atoms with Crippen molar-refractivity contribution in [3.8, 4) is 0 Å². The lowest BCUT2D eigenvalue weighted by atomic mass is 9.70. The van der Waals surface area contributed by atoms with E-state index in [2.05, 4.69) is 26.1 Å². The van der Waals surface area contributed by atoms with Gasteiger partial charge in [0.2, 0.25) is 0 Å². The summed E-state index contributed by atoms with van der Waals surface area (Å²) < 4.78 is 0. The number of halogens is 1. The van der Waals surface area contributed by atoms with Gasteiger partial charge in [0.25, 0.3) is 0 Å². The fraction of sp³-hybridized carbons (Fsp3) is 0.471. The summed E-state index contributed by atoms with van der Waals surface area (Å²) in [6.07, 6.45) is 4.04. The lowest BCUT2D eigenvalue weighted by Gasteiger charge is -2.31. The van der Waals surface area contributed by atoms with Crippen LogP contribution in [0.2, 0.25) is 5.02 Å². The number of carbonyl (C=O) groups excluding carboxylic acids is 1. The van der Waals surface area contributed by atoms with Crippen molar-refractivity contribution in [3.63, 3.8) is 0 Å². The molecule has 0 spiro atoms. The molecule has 2 fully saturated rings. The smallest absolute Gasteiger partial charge is 0.167 e. The van der Waals surface area contributed by atoms with Gasteiger partial charge >= 0.3 is 0 Å². The summed E-state index contributed by atoms with van der Waals surface area (Å²) in [5, 5.41) is 3.96. The fourth-order valence-electron chi connectivity index (χ4n) is 3.80. The number of hydrogen-bond donors (Lipinski definition) is 1. The van der Waals surface area contributed by atoms with Gasteiger partial charge in [0.15, 0.2) is 5.78 Å². The molecule has 20 heavy (non-hydrogen) atoms. The number of allylic oxidation sites excluding steroid dienone is 1. The van der Waals surface area contributed by atoms with E-state index < -0.39 is 0 Å². The van der Waals surface area contributed by atoms with Gasteiger partial charge in [0.1, 0.15) is 0 Å². The monoisotopic (exact) mass is 289 g/mol. The van der Waals surface area contributed by atoms with Gasteiger partial charge in [-0.05, 0) is 48.4 Å². The third-order valence-electron chi connectivity index (χ3n) is 5.60. The maximum Gasteiger partial charge on any atom is 0.167 e. The highest BCUT2D eigenvalue weighted by atomic mass is 35.5. The number of nitrogens with one attached hydrogen (secondary N) is 1.